The summed E-state index contributed by atoms with van der Waals surface area (Å²) < 4.78 is 8.58. The molecule has 0 bridgehead atoms. The number of hydrogen-bond acceptors (Lipinski definition) is 5. The number of ether oxygens (including phenoxy) is 1. The van der Waals surface area contributed by atoms with Crippen LogP contribution in [-0.2, 0) is 17.8 Å². The number of nitrogens with zero attached hydrogens (tertiary/aromatic N) is 3. The van der Waals surface area contributed by atoms with Crippen molar-refractivity contribution < 1.29 is 14.3 Å². The van der Waals surface area contributed by atoms with E-state index >= 15 is 0 Å². The van der Waals surface area contributed by atoms with Crippen LogP contribution in [0.2, 0.25) is 0 Å². The Morgan fingerprint density at radius 2 is 1.97 bits per heavy atom. The van der Waals surface area contributed by atoms with Crippen molar-refractivity contribution in [2.45, 2.75) is 72.4 Å². The summed E-state index contributed by atoms with van der Waals surface area (Å²) in [5.41, 5.74) is 3.74. The lowest BCUT2D eigenvalue weighted by Crippen LogP contribution is -2.25. The molecule has 0 radical (unpaired) electrons. The second-order valence-corrected chi connectivity index (χ2v) is 8.07. The molecule has 2 aromatic rings. The lowest BCUT2D eigenvalue weighted by molar-refractivity contribution is 0.0466. The SMILES string of the molecule is CCCn1nc(C(=O)OCC(=O)c2cc(C)n(CCC3=CCCCC3)c2C)ccc1=O. The molecule has 0 spiro atoms. The van der Waals surface area contributed by atoms with E-state index in [4.69, 9.17) is 4.74 Å². The van der Waals surface area contributed by atoms with Crippen molar-refractivity contribution in [3.05, 3.63) is 62.8 Å². The Morgan fingerprint density at radius 3 is 2.68 bits per heavy atom. The van der Waals surface area contributed by atoms with Gasteiger partial charge in [0.1, 0.15) is 0 Å². The van der Waals surface area contributed by atoms with E-state index in [1.165, 1.54) is 48.1 Å². The van der Waals surface area contributed by atoms with Gasteiger partial charge in [-0.05, 0) is 64.5 Å². The van der Waals surface area contributed by atoms with Crippen molar-refractivity contribution in [2.24, 2.45) is 0 Å². The quantitative estimate of drug-likeness (QED) is 0.344. The van der Waals surface area contributed by atoms with Gasteiger partial charge in [-0.25, -0.2) is 9.48 Å². The van der Waals surface area contributed by atoms with Crippen LogP contribution in [0.1, 0.15) is 77.7 Å². The zero-order chi connectivity index (χ0) is 22.4. The van der Waals surface area contributed by atoms with E-state index in [0.29, 0.717) is 12.1 Å². The molecule has 2 heterocycles. The third-order valence-corrected chi connectivity index (χ3v) is 5.76. The number of allylic oxidation sites excluding steroid dienone is 2. The normalized spacial score (nSPS) is 13.7. The number of hydrogen-bond donors (Lipinski definition) is 0. The molecule has 7 nitrogen and oxygen atoms in total. The molecule has 0 unspecified atom stereocenters. The van der Waals surface area contributed by atoms with Gasteiger partial charge in [-0.2, -0.15) is 5.10 Å². The molecule has 3 rings (SSSR count). The van der Waals surface area contributed by atoms with Crippen LogP contribution in [0.25, 0.3) is 0 Å². The molecule has 0 amide bonds. The van der Waals surface area contributed by atoms with Gasteiger partial charge in [0.15, 0.2) is 12.3 Å². The number of Topliss-reactive ketones (excluding diaryl/α,β-unsaturated/α-hetero) is 1. The zero-order valence-electron chi connectivity index (χ0n) is 18.6. The second kappa shape index (κ2) is 10.4. The maximum atomic E-state index is 12.7. The van der Waals surface area contributed by atoms with Crippen molar-refractivity contribution in [3.8, 4) is 0 Å². The molecule has 0 aromatic carbocycles. The monoisotopic (exact) mass is 425 g/mol. The minimum absolute atomic E-state index is 0.0204. The number of rotatable bonds is 9. The fraction of sp³-hybridized carbons (Fsp3) is 0.500. The Hall–Kier alpha value is -2.96. The largest absolute Gasteiger partial charge is 0.453 e. The van der Waals surface area contributed by atoms with Crippen LogP contribution in [0.15, 0.2) is 34.6 Å². The predicted molar refractivity (Wildman–Crippen MR) is 118 cm³/mol. The van der Waals surface area contributed by atoms with Gasteiger partial charge in [-0.15, -0.1) is 0 Å². The van der Waals surface area contributed by atoms with Gasteiger partial charge < -0.3 is 9.30 Å². The Labute approximate surface area is 182 Å². The molecule has 0 atom stereocenters. The molecule has 0 aliphatic heterocycles. The first-order valence-corrected chi connectivity index (χ1v) is 11.0. The summed E-state index contributed by atoms with van der Waals surface area (Å²) in [6, 6.07) is 4.48. The molecule has 166 valence electrons. The van der Waals surface area contributed by atoms with E-state index in [1.54, 1.807) is 0 Å². The molecular weight excluding hydrogens is 394 g/mol. The first-order chi connectivity index (χ1) is 14.9. The van der Waals surface area contributed by atoms with Crippen LogP contribution >= 0.6 is 0 Å². The highest BCUT2D eigenvalue weighted by atomic mass is 16.5. The highest BCUT2D eigenvalue weighted by Gasteiger charge is 2.19. The summed E-state index contributed by atoms with van der Waals surface area (Å²) in [4.78, 5) is 36.8. The number of aryl methyl sites for hydroxylation is 2. The van der Waals surface area contributed by atoms with E-state index in [0.717, 1.165) is 30.8 Å². The predicted octanol–water partition coefficient (Wildman–Crippen LogP) is 4.00. The molecule has 1 aliphatic carbocycles. The van der Waals surface area contributed by atoms with Crippen LogP contribution in [0.4, 0.5) is 0 Å². The molecule has 2 aromatic heterocycles. The highest BCUT2D eigenvalue weighted by molar-refractivity contribution is 6.00. The summed E-state index contributed by atoms with van der Waals surface area (Å²) in [5, 5.41) is 4.03. The van der Waals surface area contributed by atoms with Gasteiger partial charge in [0.2, 0.25) is 5.78 Å². The number of carbonyl (C=O) groups excluding carboxylic acids is 2. The maximum Gasteiger partial charge on any atom is 0.359 e. The van der Waals surface area contributed by atoms with E-state index in [9.17, 15) is 14.4 Å². The average molecular weight is 426 g/mol. The van der Waals surface area contributed by atoms with Crippen molar-refractivity contribution in [3.63, 3.8) is 0 Å². The van der Waals surface area contributed by atoms with Crippen molar-refractivity contribution in [1.29, 1.82) is 0 Å². The van der Waals surface area contributed by atoms with Crippen molar-refractivity contribution in [2.75, 3.05) is 6.61 Å². The van der Waals surface area contributed by atoms with Crippen molar-refractivity contribution >= 4 is 11.8 Å². The molecular formula is C24H31N3O4. The van der Waals surface area contributed by atoms with Gasteiger partial charge in [-0.1, -0.05) is 18.6 Å². The van der Waals surface area contributed by atoms with Crippen LogP contribution in [0.3, 0.4) is 0 Å². The average Bonchev–Trinajstić information content (AvgIpc) is 3.06. The number of esters is 1. The topological polar surface area (TPSA) is 83.2 Å². The number of ketones is 1. The molecule has 7 heteroatoms. The fourth-order valence-electron chi connectivity index (χ4n) is 4.03. The first-order valence-electron chi connectivity index (χ1n) is 11.0. The van der Waals surface area contributed by atoms with Crippen LogP contribution in [0.5, 0.6) is 0 Å². The Bertz CT molecular complexity index is 1050. The third-order valence-electron chi connectivity index (χ3n) is 5.76. The summed E-state index contributed by atoms with van der Waals surface area (Å²) in [6.07, 6.45) is 8.93. The third kappa shape index (κ3) is 5.60. The fourth-order valence-corrected chi connectivity index (χ4v) is 4.03. The molecule has 31 heavy (non-hydrogen) atoms. The van der Waals surface area contributed by atoms with Gasteiger partial charge >= 0.3 is 5.97 Å². The lowest BCUT2D eigenvalue weighted by Gasteiger charge is -2.15. The second-order valence-electron chi connectivity index (χ2n) is 8.07. The minimum Gasteiger partial charge on any atom is -0.453 e. The maximum absolute atomic E-state index is 12.7. The van der Waals surface area contributed by atoms with E-state index in [1.807, 2.05) is 26.8 Å². The first kappa shape index (κ1) is 22.7. The van der Waals surface area contributed by atoms with E-state index in [2.05, 4.69) is 15.7 Å². The summed E-state index contributed by atoms with van der Waals surface area (Å²) in [6.45, 7) is 6.75. The van der Waals surface area contributed by atoms with Gasteiger partial charge in [0.25, 0.3) is 5.56 Å². The van der Waals surface area contributed by atoms with Crippen LogP contribution < -0.4 is 5.56 Å². The van der Waals surface area contributed by atoms with E-state index in [-0.39, 0.29) is 23.6 Å². The zero-order valence-corrected chi connectivity index (χ0v) is 18.6. The summed E-state index contributed by atoms with van der Waals surface area (Å²) in [5.74, 6) is -0.956. The van der Waals surface area contributed by atoms with Gasteiger partial charge in [-0.3, -0.25) is 9.59 Å². The molecule has 0 N–H and O–H groups in total. The molecule has 0 saturated carbocycles. The minimum atomic E-state index is -0.712. The molecule has 0 saturated heterocycles. The smallest absolute Gasteiger partial charge is 0.359 e. The van der Waals surface area contributed by atoms with Crippen LogP contribution in [-0.4, -0.2) is 32.7 Å². The molecule has 0 fully saturated rings. The lowest BCUT2D eigenvalue weighted by atomic mass is 9.97. The number of carbonyl (C=O) groups is 2. The molecule has 1 aliphatic rings. The van der Waals surface area contributed by atoms with Crippen molar-refractivity contribution in [1.82, 2.24) is 14.3 Å². The Balaban J connectivity index is 1.63. The van der Waals surface area contributed by atoms with Gasteiger partial charge in [0.05, 0.1) is 0 Å². The van der Waals surface area contributed by atoms with Gasteiger partial charge in [0, 0.05) is 36.1 Å². The highest BCUT2D eigenvalue weighted by Crippen LogP contribution is 2.23. The Kier molecular flexibility index (Phi) is 7.60. The standard InChI is InChI=1S/C24H31N3O4/c1-4-13-27-23(29)11-10-21(25-27)24(30)31-16-22(28)20-15-17(2)26(18(20)3)14-12-19-8-6-5-7-9-19/h8,10-11,15H,4-7,9,12-14,16H2,1-3H3. The summed E-state index contributed by atoms with van der Waals surface area (Å²) >= 11 is 0. The summed E-state index contributed by atoms with van der Waals surface area (Å²) in [7, 11) is 0. The Morgan fingerprint density at radius 1 is 1.16 bits per heavy atom. The number of aromatic nitrogens is 3. The van der Waals surface area contributed by atoms with E-state index < -0.39 is 5.97 Å². The van der Waals surface area contributed by atoms with Crippen LogP contribution in [0, 0.1) is 13.8 Å².